The standard InChI is InChI=1S/C28H30F4O/c1-2-3-4-5-6-10-20-13-15-23-22-11-8-7-9-19(22)12-16-24(23)27(20)21-14-17-26(25(29)18-21)33-28(30,31)32/h7-9,11-12,14,16-18,20,27H,2-6,10,13,15H2,1H3/t20-,27-/m1/s1. The highest BCUT2D eigenvalue weighted by Gasteiger charge is 2.34. The molecule has 0 bridgehead atoms. The molecule has 5 heteroatoms. The highest BCUT2D eigenvalue weighted by atomic mass is 19.4. The van der Waals surface area contributed by atoms with Gasteiger partial charge in [-0.25, -0.2) is 4.39 Å². The third kappa shape index (κ3) is 5.51. The Morgan fingerprint density at radius 3 is 2.48 bits per heavy atom. The largest absolute Gasteiger partial charge is 0.573 e. The summed E-state index contributed by atoms with van der Waals surface area (Å²) in [6.07, 6.45) is 3.99. The van der Waals surface area contributed by atoms with Crippen molar-refractivity contribution >= 4 is 10.8 Å². The minimum absolute atomic E-state index is 0.0426. The van der Waals surface area contributed by atoms with Crippen LogP contribution in [0, 0.1) is 11.7 Å². The van der Waals surface area contributed by atoms with Gasteiger partial charge in [0.05, 0.1) is 0 Å². The van der Waals surface area contributed by atoms with E-state index in [-0.39, 0.29) is 5.92 Å². The molecular formula is C28H30F4O. The average molecular weight is 459 g/mol. The number of aryl methyl sites for hydroxylation is 1. The van der Waals surface area contributed by atoms with Gasteiger partial charge in [0.15, 0.2) is 11.6 Å². The Bertz CT molecular complexity index is 1090. The van der Waals surface area contributed by atoms with E-state index in [1.54, 1.807) is 6.07 Å². The zero-order chi connectivity index (χ0) is 23.4. The summed E-state index contributed by atoms with van der Waals surface area (Å²) in [6, 6.07) is 16.4. The van der Waals surface area contributed by atoms with Crippen molar-refractivity contribution < 1.29 is 22.3 Å². The quantitative estimate of drug-likeness (QED) is 0.242. The first kappa shape index (κ1) is 23.6. The number of halogens is 4. The molecule has 2 atom stereocenters. The van der Waals surface area contributed by atoms with Crippen LogP contribution in [0.5, 0.6) is 5.75 Å². The number of ether oxygens (including phenoxy) is 1. The molecule has 0 saturated carbocycles. The van der Waals surface area contributed by atoms with Gasteiger partial charge in [-0.3, -0.25) is 0 Å². The van der Waals surface area contributed by atoms with Crippen LogP contribution in [-0.4, -0.2) is 6.36 Å². The number of benzene rings is 3. The third-order valence-electron chi connectivity index (χ3n) is 6.87. The molecule has 0 amide bonds. The Hall–Kier alpha value is -2.56. The van der Waals surface area contributed by atoms with E-state index in [1.165, 1.54) is 53.6 Å². The maximum absolute atomic E-state index is 14.7. The van der Waals surface area contributed by atoms with E-state index in [4.69, 9.17) is 0 Å². The topological polar surface area (TPSA) is 9.23 Å². The molecule has 0 heterocycles. The van der Waals surface area contributed by atoms with E-state index >= 15 is 0 Å². The molecule has 0 unspecified atom stereocenters. The molecule has 33 heavy (non-hydrogen) atoms. The lowest BCUT2D eigenvalue weighted by atomic mass is 9.69. The van der Waals surface area contributed by atoms with E-state index < -0.39 is 17.9 Å². The molecule has 0 spiro atoms. The molecule has 1 nitrogen and oxygen atoms in total. The van der Waals surface area contributed by atoms with Gasteiger partial charge in [0.2, 0.25) is 0 Å². The second kappa shape index (κ2) is 10.1. The number of unbranched alkanes of at least 4 members (excludes halogenated alkanes) is 4. The zero-order valence-electron chi connectivity index (χ0n) is 18.9. The smallest absolute Gasteiger partial charge is 0.403 e. The van der Waals surface area contributed by atoms with E-state index in [1.807, 2.05) is 12.1 Å². The number of fused-ring (bicyclic) bond motifs is 3. The summed E-state index contributed by atoms with van der Waals surface area (Å²) in [7, 11) is 0. The molecular weight excluding hydrogens is 428 g/mol. The van der Waals surface area contributed by atoms with Crippen LogP contribution in [0.4, 0.5) is 17.6 Å². The van der Waals surface area contributed by atoms with Gasteiger partial charge < -0.3 is 4.74 Å². The van der Waals surface area contributed by atoms with Crippen molar-refractivity contribution in [3.63, 3.8) is 0 Å². The highest BCUT2D eigenvalue weighted by molar-refractivity contribution is 5.87. The summed E-state index contributed by atoms with van der Waals surface area (Å²) in [6.45, 7) is 2.19. The fraction of sp³-hybridized carbons (Fsp3) is 0.429. The highest BCUT2D eigenvalue weighted by Crippen LogP contribution is 2.46. The third-order valence-corrected chi connectivity index (χ3v) is 6.87. The molecule has 3 aromatic carbocycles. The molecule has 0 N–H and O–H groups in total. The Balaban J connectivity index is 1.69. The van der Waals surface area contributed by atoms with Crippen LogP contribution in [0.2, 0.25) is 0 Å². The van der Waals surface area contributed by atoms with Crippen LogP contribution in [0.3, 0.4) is 0 Å². The van der Waals surface area contributed by atoms with E-state index in [2.05, 4.69) is 35.9 Å². The number of alkyl halides is 3. The summed E-state index contributed by atoms with van der Waals surface area (Å²) < 4.78 is 56.4. The first-order chi connectivity index (χ1) is 15.9. The normalized spacial score (nSPS) is 18.3. The second-order valence-corrected chi connectivity index (χ2v) is 9.07. The Morgan fingerprint density at radius 1 is 0.939 bits per heavy atom. The minimum Gasteiger partial charge on any atom is -0.403 e. The number of rotatable bonds is 8. The van der Waals surface area contributed by atoms with E-state index in [0.29, 0.717) is 5.92 Å². The van der Waals surface area contributed by atoms with Crippen molar-refractivity contribution in [1.29, 1.82) is 0 Å². The molecule has 0 saturated heterocycles. The molecule has 0 fully saturated rings. The summed E-state index contributed by atoms with van der Waals surface area (Å²) in [4.78, 5) is 0. The van der Waals surface area contributed by atoms with Crippen molar-refractivity contribution in [2.75, 3.05) is 0 Å². The monoisotopic (exact) mass is 458 g/mol. The predicted molar refractivity (Wildman–Crippen MR) is 124 cm³/mol. The van der Waals surface area contributed by atoms with Gasteiger partial charge in [0.25, 0.3) is 0 Å². The maximum atomic E-state index is 14.7. The average Bonchev–Trinajstić information content (AvgIpc) is 2.79. The first-order valence-electron chi connectivity index (χ1n) is 11.9. The van der Waals surface area contributed by atoms with Crippen LogP contribution < -0.4 is 4.74 Å². The minimum atomic E-state index is -4.92. The Morgan fingerprint density at radius 2 is 1.73 bits per heavy atom. The molecule has 4 rings (SSSR count). The van der Waals surface area contributed by atoms with Crippen molar-refractivity contribution in [1.82, 2.24) is 0 Å². The van der Waals surface area contributed by atoms with E-state index in [0.717, 1.165) is 37.3 Å². The summed E-state index contributed by atoms with van der Waals surface area (Å²) in [5.41, 5.74) is 3.16. The molecule has 1 aliphatic rings. The number of hydrogen-bond acceptors (Lipinski definition) is 1. The molecule has 0 radical (unpaired) electrons. The van der Waals surface area contributed by atoms with Gasteiger partial charge in [-0.15, -0.1) is 13.2 Å². The van der Waals surface area contributed by atoms with Crippen molar-refractivity contribution in [3.8, 4) is 5.75 Å². The van der Waals surface area contributed by atoms with E-state index in [9.17, 15) is 17.6 Å². The lowest BCUT2D eigenvalue weighted by Gasteiger charge is -2.35. The summed E-state index contributed by atoms with van der Waals surface area (Å²) in [5.74, 6) is -1.47. The maximum Gasteiger partial charge on any atom is 0.573 e. The predicted octanol–water partition coefficient (Wildman–Crippen LogP) is 8.93. The van der Waals surface area contributed by atoms with Crippen LogP contribution in [-0.2, 0) is 6.42 Å². The van der Waals surface area contributed by atoms with Crippen LogP contribution in [0.15, 0.2) is 54.6 Å². The first-order valence-corrected chi connectivity index (χ1v) is 11.9. The Kier molecular flexibility index (Phi) is 7.26. The fourth-order valence-electron chi connectivity index (χ4n) is 5.36. The Labute approximate surface area is 192 Å². The summed E-state index contributed by atoms with van der Waals surface area (Å²) >= 11 is 0. The van der Waals surface area contributed by atoms with Crippen LogP contribution in [0.25, 0.3) is 10.8 Å². The molecule has 3 aromatic rings. The van der Waals surface area contributed by atoms with Gasteiger partial charge in [0.1, 0.15) is 0 Å². The second-order valence-electron chi connectivity index (χ2n) is 9.07. The van der Waals surface area contributed by atoms with Gasteiger partial charge in [-0.05, 0) is 64.8 Å². The molecule has 1 aliphatic carbocycles. The summed E-state index contributed by atoms with van der Waals surface area (Å²) in [5, 5.41) is 2.38. The van der Waals surface area contributed by atoms with Crippen LogP contribution in [0.1, 0.15) is 74.5 Å². The van der Waals surface area contributed by atoms with Gasteiger partial charge in [-0.1, -0.05) is 81.5 Å². The molecule has 176 valence electrons. The molecule has 0 aromatic heterocycles. The zero-order valence-corrected chi connectivity index (χ0v) is 18.9. The molecule has 0 aliphatic heterocycles. The lowest BCUT2D eigenvalue weighted by molar-refractivity contribution is -0.275. The fourth-order valence-corrected chi connectivity index (χ4v) is 5.36. The number of hydrogen-bond donors (Lipinski definition) is 0. The van der Waals surface area contributed by atoms with Gasteiger partial charge >= 0.3 is 6.36 Å². The van der Waals surface area contributed by atoms with Crippen molar-refractivity contribution in [2.45, 2.75) is 70.6 Å². The van der Waals surface area contributed by atoms with Crippen molar-refractivity contribution in [2.24, 2.45) is 5.92 Å². The van der Waals surface area contributed by atoms with Crippen molar-refractivity contribution in [3.05, 3.63) is 77.1 Å². The van der Waals surface area contributed by atoms with Gasteiger partial charge in [-0.2, -0.15) is 0 Å². The van der Waals surface area contributed by atoms with Crippen LogP contribution >= 0.6 is 0 Å². The SMILES string of the molecule is CCCCCCC[C@@H]1CCc2c(ccc3ccccc23)[C@H]1c1ccc(OC(F)(F)F)c(F)c1. The van der Waals surface area contributed by atoms with Gasteiger partial charge in [0, 0.05) is 5.92 Å². The lowest BCUT2D eigenvalue weighted by Crippen LogP contribution is -2.23.